The minimum atomic E-state index is -3.95. The predicted molar refractivity (Wildman–Crippen MR) is 252 cm³/mol. The maximum Gasteiger partial charge on any atom is 0.406 e. The molecule has 30 heteroatoms. The van der Waals surface area contributed by atoms with Crippen molar-refractivity contribution in [1.29, 1.82) is 0 Å². The van der Waals surface area contributed by atoms with Crippen molar-refractivity contribution in [3.8, 4) is 11.8 Å². The summed E-state index contributed by atoms with van der Waals surface area (Å²) in [6.07, 6.45) is -2.98. The van der Waals surface area contributed by atoms with Gasteiger partial charge in [0.05, 0.1) is 63.0 Å². The number of nitrogens with one attached hydrogen (secondary N) is 2. The number of rotatable bonds is 18. The van der Waals surface area contributed by atoms with Crippen LogP contribution in [0.3, 0.4) is 0 Å². The topological polar surface area (TPSA) is 324 Å². The Bertz CT molecular complexity index is 2500. The molecule has 0 amide bonds. The highest BCUT2D eigenvalue weighted by molar-refractivity contribution is 7.52. The van der Waals surface area contributed by atoms with Crippen LogP contribution in [0.25, 0.3) is 22.3 Å². The van der Waals surface area contributed by atoms with E-state index in [0.29, 0.717) is 37.1 Å². The van der Waals surface area contributed by atoms with E-state index in [1.165, 1.54) is 35.6 Å². The van der Waals surface area contributed by atoms with Crippen molar-refractivity contribution in [3.63, 3.8) is 0 Å². The van der Waals surface area contributed by atoms with Crippen LogP contribution in [0.1, 0.15) is 94.5 Å². The van der Waals surface area contributed by atoms with Crippen LogP contribution in [-0.4, -0.2) is 138 Å². The van der Waals surface area contributed by atoms with E-state index in [-0.39, 0.29) is 85.2 Å². The van der Waals surface area contributed by atoms with Gasteiger partial charge in [0.1, 0.15) is 37.6 Å². The Morgan fingerprint density at radius 1 is 0.708 bits per heavy atom. The summed E-state index contributed by atoms with van der Waals surface area (Å²) in [7, 11) is -7.90. The number of nitrogens with zero attached hydrogens (tertiary/aromatic N) is 8. The van der Waals surface area contributed by atoms with Crippen molar-refractivity contribution in [3.05, 3.63) is 12.7 Å². The lowest BCUT2D eigenvalue weighted by Crippen LogP contribution is -2.47. The smallest absolute Gasteiger partial charge is 0.406 e. The SMILES string of the molecule is CCOc1nc(N)nc2c1ncn2[C@@H]1O[C@@H]2COP(=O)(N[C@@H](CC)COC(=O)C(C)C)O[C@H]2[C@@]1(C)F.CCOc1nc(N)nc2c1ncn2[C@@H]1O[C@@H]2COP(=O)(N[C@@H](CC)COC(=O)C(C)C)O[C@H]2[C@@]1(C)F. The summed E-state index contributed by atoms with van der Waals surface area (Å²) in [5.41, 5.74) is 8.37. The highest BCUT2D eigenvalue weighted by Gasteiger charge is 2.63. The van der Waals surface area contributed by atoms with Gasteiger partial charge in [0.2, 0.25) is 23.7 Å². The maximum absolute atomic E-state index is 16.3. The molecule has 8 heterocycles. The van der Waals surface area contributed by atoms with Crippen LogP contribution in [0.2, 0.25) is 0 Å². The molecular formula is C42H64F2N12O14P2. The number of halogens is 2. The number of hydrogen-bond donors (Lipinski definition) is 4. The number of esters is 2. The van der Waals surface area contributed by atoms with Gasteiger partial charge in [-0.15, -0.1) is 0 Å². The van der Waals surface area contributed by atoms with Gasteiger partial charge in [-0.2, -0.15) is 19.9 Å². The van der Waals surface area contributed by atoms with Gasteiger partial charge in [0.25, 0.3) is 0 Å². The predicted octanol–water partition coefficient (Wildman–Crippen LogP) is 5.05. The second-order valence-electron chi connectivity index (χ2n) is 18.3. The molecule has 4 aromatic heterocycles. The molecule has 8 rings (SSSR count). The second kappa shape index (κ2) is 22.0. The zero-order chi connectivity index (χ0) is 52.5. The van der Waals surface area contributed by atoms with E-state index in [2.05, 4.69) is 40.1 Å². The summed E-state index contributed by atoms with van der Waals surface area (Å²) in [6, 6.07) is -1.04. The molecule has 0 spiro atoms. The zero-order valence-electron chi connectivity index (χ0n) is 41.7. The maximum atomic E-state index is 16.3. The van der Waals surface area contributed by atoms with Crippen molar-refractivity contribution in [2.45, 2.75) is 142 Å². The molecule has 0 saturated carbocycles. The number of aromatic nitrogens is 8. The summed E-state index contributed by atoms with van der Waals surface area (Å²) >= 11 is 0. The van der Waals surface area contributed by atoms with Crippen molar-refractivity contribution in [1.82, 2.24) is 49.2 Å². The third-order valence-corrected chi connectivity index (χ3v) is 15.4. The summed E-state index contributed by atoms with van der Waals surface area (Å²) in [5.74, 6) is -1.16. The highest BCUT2D eigenvalue weighted by atomic mass is 31.2. The van der Waals surface area contributed by atoms with Gasteiger partial charge in [0, 0.05) is 0 Å². The Hall–Kier alpha value is -4.76. The molecule has 12 atom stereocenters. The molecule has 0 radical (unpaired) electrons. The lowest BCUT2D eigenvalue weighted by atomic mass is 9.98. The van der Waals surface area contributed by atoms with E-state index in [0.717, 1.165) is 0 Å². The molecule has 72 heavy (non-hydrogen) atoms. The molecule has 2 unspecified atom stereocenters. The van der Waals surface area contributed by atoms with E-state index in [1.54, 1.807) is 41.5 Å². The van der Waals surface area contributed by atoms with Crippen molar-refractivity contribution >= 4 is 61.7 Å². The Labute approximate surface area is 413 Å². The highest BCUT2D eigenvalue weighted by Crippen LogP contribution is 2.59. The van der Waals surface area contributed by atoms with Crippen LogP contribution < -0.4 is 31.1 Å². The van der Waals surface area contributed by atoms with E-state index < -0.39 is 75.8 Å². The molecule has 0 aromatic carbocycles. The van der Waals surface area contributed by atoms with Crippen LogP contribution in [0.5, 0.6) is 11.8 Å². The number of hydrogen-bond acceptors (Lipinski definition) is 22. The second-order valence-corrected chi connectivity index (χ2v) is 21.8. The molecule has 6 N–H and O–H groups in total. The average molecular weight is 1060 g/mol. The fraction of sp³-hybridized carbons (Fsp3) is 0.714. The van der Waals surface area contributed by atoms with Gasteiger partial charge >= 0.3 is 27.4 Å². The minimum absolute atomic E-state index is 0.0331. The van der Waals surface area contributed by atoms with E-state index in [1.807, 2.05) is 13.8 Å². The van der Waals surface area contributed by atoms with E-state index in [9.17, 15) is 18.7 Å². The van der Waals surface area contributed by atoms with Crippen molar-refractivity contribution < 1.29 is 74.0 Å². The first-order valence-electron chi connectivity index (χ1n) is 23.7. The standard InChI is InChI=1S/2C21H32FN6O7P/c2*1-6-12(8-32-18(29)11(3)4)27-36(30)33-9-13-15(35-36)21(5,22)19(34-13)28-10-24-14-16(28)25-20(23)26-17(14)31-7-2/h2*10-13,15,19H,6-9H2,1-5H3,(H,27,30)(H2,23,25,26)/t2*12-,13+,15+,19+,21+,36?/m00/s1. The van der Waals surface area contributed by atoms with Gasteiger partial charge in [0.15, 0.2) is 46.1 Å². The molecule has 0 bridgehead atoms. The number of imidazole rings is 2. The van der Waals surface area contributed by atoms with Crippen LogP contribution in [0.4, 0.5) is 20.7 Å². The Morgan fingerprint density at radius 3 is 1.42 bits per heavy atom. The minimum Gasteiger partial charge on any atom is -0.476 e. The van der Waals surface area contributed by atoms with Gasteiger partial charge < -0.3 is 39.9 Å². The molecule has 400 valence electrons. The van der Waals surface area contributed by atoms with Crippen LogP contribution in [0.15, 0.2) is 12.7 Å². The summed E-state index contributed by atoms with van der Waals surface area (Å²) < 4.78 is 118. The van der Waals surface area contributed by atoms with Gasteiger partial charge in [-0.3, -0.25) is 36.8 Å². The molecule has 26 nitrogen and oxygen atoms in total. The quantitative estimate of drug-likeness (QED) is 0.0748. The van der Waals surface area contributed by atoms with Crippen LogP contribution in [0, 0.1) is 11.8 Å². The zero-order valence-corrected chi connectivity index (χ0v) is 43.5. The van der Waals surface area contributed by atoms with Crippen molar-refractivity contribution in [2.24, 2.45) is 11.8 Å². The summed E-state index contributed by atoms with van der Waals surface area (Å²) in [4.78, 5) is 48.6. The van der Waals surface area contributed by atoms with Gasteiger partial charge in [-0.1, -0.05) is 41.5 Å². The Balaban J connectivity index is 0.000000211. The Morgan fingerprint density at radius 2 is 1.08 bits per heavy atom. The third-order valence-electron chi connectivity index (χ3n) is 12.0. The molecule has 0 aliphatic carbocycles. The Kier molecular flexibility index (Phi) is 16.8. The number of carbonyl (C=O) groups is 2. The fourth-order valence-corrected chi connectivity index (χ4v) is 11.9. The van der Waals surface area contributed by atoms with Gasteiger partial charge in [-0.05, 0) is 40.5 Å². The molecule has 4 aliphatic heterocycles. The average Bonchev–Trinajstić information content (AvgIpc) is 4.06. The number of alkyl halides is 2. The molecular weight excluding hydrogens is 996 g/mol. The first-order valence-corrected chi connectivity index (χ1v) is 26.8. The van der Waals surface area contributed by atoms with Crippen LogP contribution in [-0.2, 0) is 55.8 Å². The lowest BCUT2D eigenvalue weighted by Gasteiger charge is -2.35. The number of fused-ring (bicyclic) bond motifs is 4. The van der Waals surface area contributed by atoms with E-state index in [4.69, 9.17) is 58.0 Å². The van der Waals surface area contributed by atoms with E-state index >= 15 is 8.78 Å². The molecule has 4 aromatic rings. The van der Waals surface area contributed by atoms with Crippen molar-refractivity contribution in [2.75, 3.05) is 51.1 Å². The third kappa shape index (κ3) is 11.5. The number of nitrogen functional groups attached to an aromatic ring is 2. The number of ether oxygens (including phenoxy) is 6. The monoisotopic (exact) mass is 1060 g/mol. The summed E-state index contributed by atoms with van der Waals surface area (Å²) in [5, 5.41) is 5.55. The first-order chi connectivity index (χ1) is 34.0. The normalized spacial score (nSPS) is 30.9. The lowest BCUT2D eigenvalue weighted by molar-refractivity contribution is -0.148. The molecule has 4 fully saturated rings. The molecule has 4 saturated heterocycles. The van der Waals surface area contributed by atoms with Gasteiger partial charge in [-0.25, -0.2) is 38.1 Å². The van der Waals surface area contributed by atoms with Crippen LogP contribution >= 0.6 is 15.5 Å². The fourth-order valence-electron chi connectivity index (χ4n) is 8.13. The first kappa shape index (κ1) is 55.0. The number of anilines is 2. The number of nitrogens with two attached hydrogens (primary N) is 2. The summed E-state index contributed by atoms with van der Waals surface area (Å²) in [6.45, 7) is 16.9. The number of carbonyl (C=O) groups excluding carboxylic acids is 2. The molecule has 4 aliphatic rings. The largest absolute Gasteiger partial charge is 0.476 e.